The molecule has 2 aromatic carbocycles. The van der Waals surface area contributed by atoms with Crippen molar-refractivity contribution in [3.63, 3.8) is 0 Å². The van der Waals surface area contributed by atoms with Crippen LogP contribution in [0.2, 0.25) is 28.2 Å². The quantitative estimate of drug-likeness (QED) is 0.296. The van der Waals surface area contributed by atoms with Gasteiger partial charge in [-0.1, -0.05) is 44.0 Å². The first kappa shape index (κ1) is 29.4. The van der Waals surface area contributed by atoms with Gasteiger partial charge in [-0.05, 0) is 67.4 Å². The minimum Gasteiger partial charge on any atom is -0.414 e. The minimum absolute atomic E-state index is 0.0369. The molecule has 0 bridgehead atoms. The van der Waals surface area contributed by atoms with E-state index in [-0.39, 0.29) is 26.6 Å². The van der Waals surface area contributed by atoms with E-state index in [1.54, 1.807) is 6.07 Å². The van der Waals surface area contributed by atoms with Gasteiger partial charge in [0.2, 0.25) is 10.0 Å². The van der Waals surface area contributed by atoms with Crippen LogP contribution in [0.5, 0.6) is 0 Å². The third-order valence-electron chi connectivity index (χ3n) is 7.42. The van der Waals surface area contributed by atoms with Gasteiger partial charge >= 0.3 is 0 Å². The molecule has 1 fully saturated rings. The van der Waals surface area contributed by atoms with Gasteiger partial charge in [-0.2, -0.15) is 4.31 Å². The average Bonchev–Trinajstić information content (AvgIpc) is 3.23. The minimum atomic E-state index is -4.01. The molecule has 2 heterocycles. The van der Waals surface area contributed by atoms with E-state index < -0.39 is 28.4 Å². The number of hydrogen-bond acceptors (Lipinski definition) is 5. The topological polar surface area (TPSA) is 109 Å². The summed E-state index contributed by atoms with van der Waals surface area (Å²) in [5.74, 6) is 0. The lowest BCUT2D eigenvalue weighted by Gasteiger charge is -2.41. The van der Waals surface area contributed by atoms with Gasteiger partial charge in [0, 0.05) is 30.8 Å². The lowest BCUT2D eigenvalue weighted by molar-refractivity contribution is 0.120. The van der Waals surface area contributed by atoms with Crippen LogP contribution < -0.4 is 4.72 Å². The van der Waals surface area contributed by atoms with Gasteiger partial charge in [0.05, 0.1) is 31.0 Å². The normalized spacial score (nSPS) is 16.7. The monoisotopic (exact) mass is 617 g/mol. The molecule has 38 heavy (non-hydrogen) atoms. The average molecular weight is 619 g/mol. The van der Waals surface area contributed by atoms with E-state index in [2.05, 4.69) is 43.6 Å². The van der Waals surface area contributed by atoms with E-state index in [1.165, 1.54) is 40.8 Å². The first-order valence-corrected chi connectivity index (χ1v) is 18.9. The van der Waals surface area contributed by atoms with Crippen LogP contribution in [0, 0.1) is 0 Å². The summed E-state index contributed by atoms with van der Waals surface area (Å²) in [4.78, 5) is 2.90. The van der Waals surface area contributed by atoms with Crippen LogP contribution in [0.25, 0.3) is 10.9 Å². The molecule has 13 heteroatoms. The molecule has 0 radical (unpaired) electrons. The van der Waals surface area contributed by atoms with Crippen LogP contribution in [-0.2, 0) is 24.5 Å². The highest BCUT2D eigenvalue weighted by atomic mass is 35.5. The summed E-state index contributed by atoms with van der Waals surface area (Å²) < 4.78 is 63.1. The summed E-state index contributed by atoms with van der Waals surface area (Å²) in [7, 11) is -9.72. The molecule has 0 unspecified atom stereocenters. The van der Waals surface area contributed by atoms with Crippen LogP contribution in [0.1, 0.15) is 33.6 Å². The number of aromatic amines is 1. The van der Waals surface area contributed by atoms with Crippen molar-refractivity contribution in [2.45, 2.75) is 67.6 Å². The Morgan fingerprint density at radius 3 is 2.11 bits per heavy atom. The highest BCUT2D eigenvalue weighted by molar-refractivity contribution is 7.92. The summed E-state index contributed by atoms with van der Waals surface area (Å²) in [6.07, 6.45) is 2.81. The number of H-pyrrole nitrogens is 1. The first-order chi connectivity index (χ1) is 17.5. The Balaban J connectivity index is 1.46. The Labute approximate surface area is 235 Å². The fraction of sp³-hybridized carbons (Fsp3) is 0.440. The predicted octanol–water partition coefficient (Wildman–Crippen LogP) is 6.45. The first-order valence-electron chi connectivity index (χ1n) is 12.3. The number of aromatic nitrogens is 1. The van der Waals surface area contributed by atoms with Gasteiger partial charge in [0.25, 0.3) is 10.0 Å². The molecule has 1 aromatic heterocycles. The van der Waals surface area contributed by atoms with Crippen molar-refractivity contribution in [1.29, 1.82) is 0 Å². The molecule has 8 nitrogen and oxygen atoms in total. The molecule has 1 aliphatic heterocycles. The molecular weight excluding hydrogens is 585 g/mol. The molecule has 2 N–H and O–H groups in total. The Morgan fingerprint density at radius 1 is 0.947 bits per heavy atom. The summed E-state index contributed by atoms with van der Waals surface area (Å²) >= 11 is 12.4. The number of nitrogens with zero attached hydrogens (tertiary/aromatic N) is 1. The van der Waals surface area contributed by atoms with E-state index in [4.69, 9.17) is 27.6 Å². The number of rotatable bonds is 7. The zero-order valence-corrected chi connectivity index (χ0v) is 26.2. The summed E-state index contributed by atoms with van der Waals surface area (Å²) in [6, 6.07) is 8.31. The SMILES string of the molecule is CC(C)(C)[Si](C)(C)OC1CCN(S(=O)(=O)c2ccc(S(=O)(=O)Nc3ccc(Cl)c4c(Cl)c[nH]c34)cc2)CC1. The molecule has 208 valence electrons. The number of fused-ring (bicyclic) bond motifs is 1. The smallest absolute Gasteiger partial charge is 0.261 e. The van der Waals surface area contributed by atoms with Crippen LogP contribution in [0.4, 0.5) is 5.69 Å². The lowest BCUT2D eigenvalue weighted by atomic mass is 10.1. The standard InChI is InChI=1S/C25H33Cl2N3O5S2Si/c1-25(2,3)38(4,5)35-17-12-14-30(15-13-17)37(33,34)19-8-6-18(7-9-19)36(31,32)29-22-11-10-20(26)23-21(27)16-28-24(22)23/h6-11,16-17,28-29H,12-15H2,1-5H3. The van der Waals surface area contributed by atoms with E-state index in [0.717, 1.165) is 0 Å². The van der Waals surface area contributed by atoms with Crippen molar-refractivity contribution >= 4 is 68.2 Å². The van der Waals surface area contributed by atoms with Crippen LogP contribution >= 0.6 is 23.2 Å². The van der Waals surface area contributed by atoms with E-state index in [9.17, 15) is 16.8 Å². The number of anilines is 1. The van der Waals surface area contributed by atoms with Gasteiger partial charge in [-0.25, -0.2) is 16.8 Å². The van der Waals surface area contributed by atoms with Gasteiger partial charge in [0.1, 0.15) is 0 Å². The Bertz CT molecular complexity index is 1540. The van der Waals surface area contributed by atoms with E-state index >= 15 is 0 Å². The summed E-state index contributed by atoms with van der Waals surface area (Å²) in [5, 5.41) is 1.35. The maximum absolute atomic E-state index is 13.3. The molecule has 1 saturated heterocycles. The third-order valence-corrected chi connectivity index (χ3v) is 15.9. The number of sulfonamides is 2. The van der Waals surface area contributed by atoms with Crippen molar-refractivity contribution < 1.29 is 21.3 Å². The maximum atomic E-state index is 13.3. The molecule has 0 atom stereocenters. The number of halogens is 2. The molecular formula is C25H33Cl2N3O5S2Si. The second-order valence-electron chi connectivity index (χ2n) is 11.0. The lowest BCUT2D eigenvalue weighted by Crippen LogP contribution is -2.48. The molecule has 0 amide bonds. The van der Waals surface area contributed by atoms with Crippen LogP contribution in [0.15, 0.2) is 52.4 Å². The van der Waals surface area contributed by atoms with Crippen LogP contribution in [-0.4, -0.2) is 53.6 Å². The number of piperidine rings is 1. The van der Waals surface area contributed by atoms with Crippen molar-refractivity contribution in [3.05, 3.63) is 52.6 Å². The highest BCUT2D eigenvalue weighted by Crippen LogP contribution is 2.39. The number of benzene rings is 2. The van der Waals surface area contributed by atoms with Crippen molar-refractivity contribution in [2.75, 3.05) is 17.8 Å². The zero-order valence-electron chi connectivity index (χ0n) is 22.0. The second-order valence-corrected chi connectivity index (χ2v) is 20.2. The molecule has 1 aliphatic rings. The third kappa shape index (κ3) is 5.79. The molecule has 0 saturated carbocycles. The predicted molar refractivity (Wildman–Crippen MR) is 156 cm³/mol. The van der Waals surface area contributed by atoms with Crippen molar-refractivity contribution in [3.8, 4) is 0 Å². The Kier molecular flexibility index (Phi) is 8.06. The van der Waals surface area contributed by atoms with Crippen molar-refractivity contribution in [2.24, 2.45) is 0 Å². The van der Waals surface area contributed by atoms with Gasteiger partial charge in [-0.15, -0.1) is 0 Å². The van der Waals surface area contributed by atoms with Gasteiger partial charge < -0.3 is 9.41 Å². The zero-order chi connectivity index (χ0) is 28.1. The fourth-order valence-corrected chi connectivity index (χ4v) is 8.70. The molecule has 0 aliphatic carbocycles. The fourth-order valence-electron chi connectivity index (χ4n) is 4.18. The Hall–Kier alpha value is -1.60. The van der Waals surface area contributed by atoms with E-state index in [0.29, 0.717) is 46.9 Å². The summed E-state index contributed by atoms with van der Waals surface area (Å²) in [6.45, 7) is 11.7. The Morgan fingerprint density at radius 2 is 1.53 bits per heavy atom. The van der Waals surface area contributed by atoms with Crippen molar-refractivity contribution in [1.82, 2.24) is 9.29 Å². The summed E-state index contributed by atoms with van der Waals surface area (Å²) in [5.41, 5.74) is 0.724. The second kappa shape index (κ2) is 10.4. The van der Waals surface area contributed by atoms with E-state index in [1.807, 2.05) is 0 Å². The maximum Gasteiger partial charge on any atom is 0.261 e. The molecule has 3 aromatic rings. The van der Waals surface area contributed by atoms with Gasteiger partial charge in [0.15, 0.2) is 8.32 Å². The number of hydrogen-bond donors (Lipinski definition) is 2. The highest BCUT2D eigenvalue weighted by Gasteiger charge is 2.40. The number of nitrogens with one attached hydrogen (secondary N) is 2. The molecule has 4 rings (SSSR count). The van der Waals surface area contributed by atoms with Crippen LogP contribution in [0.3, 0.4) is 0 Å². The largest absolute Gasteiger partial charge is 0.414 e. The molecule has 0 spiro atoms. The van der Waals surface area contributed by atoms with Gasteiger partial charge in [-0.3, -0.25) is 4.72 Å².